The highest BCUT2D eigenvalue weighted by Gasteiger charge is 2.31. The van der Waals surface area contributed by atoms with Crippen molar-refractivity contribution in [2.75, 3.05) is 17.3 Å². The maximum atomic E-state index is 13.0. The van der Waals surface area contributed by atoms with Gasteiger partial charge in [0.2, 0.25) is 11.9 Å². The molecule has 0 unspecified atom stereocenters. The number of nitrogens with zero attached hydrogens (tertiary/aromatic N) is 4. The summed E-state index contributed by atoms with van der Waals surface area (Å²) in [5, 5.41) is 13.8. The van der Waals surface area contributed by atoms with Crippen molar-refractivity contribution in [3.63, 3.8) is 0 Å². The van der Waals surface area contributed by atoms with Gasteiger partial charge in [0, 0.05) is 43.0 Å². The predicted octanol–water partition coefficient (Wildman–Crippen LogP) is 5.73. The first-order valence-electron chi connectivity index (χ1n) is 13.6. The molecular weight excluding hydrogens is 507 g/mol. The van der Waals surface area contributed by atoms with Crippen LogP contribution in [0.4, 0.5) is 30.8 Å². The number of carbonyl (C=O) groups excluding carboxylic acids is 1. The van der Waals surface area contributed by atoms with Crippen LogP contribution < -0.4 is 15.5 Å². The molecule has 0 bridgehead atoms. The fourth-order valence-electron chi connectivity index (χ4n) is 5.66. The molecule has 2 heterocycles. The van der Waals surface area contributed by atoms with Gasteiger partial charge in [-0.1, -0.05) is 31.0 Å². The van der Waals surface area contributed by atoms with Crippen molar-refractivity contribution < 1.29 is 18.0 Å². The van der Waals surface area contributed by atoms with Gasteiger partial charge >= 0.3 is 6.18 Å². The minimum atomic E-state index is -4.42. The summed E-state index contributed by atoms with van der Waals surface area (Å²) in [7, 11) is 1.98. The lowest BCUT2D eigenvalue weighted by molar-refractivity contribution is -0.137. The van der Waals surface area contributed by atoms with Gasteiger partial charge in [-0.25, -0.2) is 4.98 Å². The van der Waals surface area contributed by atoms with E-state index in [0.29, 0.717) is 23.2 Å². The average Bonchev–Trinajstić information content (AvgIpc) is 3.61. The van der Waals surface area contributed by atoms with E-state index in [9.17, 15) is 18.0 Å². The number of aromatic amines is 1. The monoisotopic (exact) mass is 541 g/mol. The fourth-order valence-corrected chi connectivity index (χ4v) is 5.66. The van der Waals surface area contributed by atoms with E-state index in [1.54, 1.807) is 12.3 Å². The molecule has 1 amide bonds. The smallest absolute Gasteiger partial charge is 0.353 e. The fraction of sp³-hybridized carbons (Fsp3) is 0.500. The second-order valence-electron chi connectivity index (χ2n) is 10.6. The van der Waals surface area contributed by atoms with Gasteiger partial charge < -0.3 is 15.5 Å². The Balaban J connectivity index is 1.11. The molecule has 5 rings (SSSR count). The number of rotatable bonds is 8. The molecule has 208 valence electrons. The molecular formula is C28H34F3N7O. The molecule has 3 aromatic rings. The molecule has 2 fully saturated rings. The maximum absolute atomic E-state index is 13.0. The molecule has 2 aromatic heterocycles. The Labute approximate surface area is 225 Å². The van der Waals surface area contributed by atoms with E-state index in [2.05, 4.69) is 41.8 Å². The molecule has 2 aliphatic carbocycles. The number of amides is 1. The zero-order valence-electron chi connectivity index (χ0n) is 22.0. The normalized spacial score (nSPS) is 20.1. The molecule has 0 aliphatic heterocycles. The first-order chi connectivity index (χ1) is 18.7. The predicted molar refractivity (Wildman–Crippen MR) is 143 cm³/mol. The highest BCUT2D eigenvalue weighted by atomic mass is 19.4. The van der Waals surface area contributed by atoms with Gasteiger partial charge in [0.1, 0.15) is 5.82 Å². The van der Waals surface area contributed by atoms with E-state index >= 15 is 0 Å². The average molecular weight is 542 g/mol. The number of benzene rings is 1. The minimum absolute atomic E-state index is 0.00408. The Hall–Kier alpha value is -3.63. The van der Waals surface area contributed by atoms with Crippen LogP contribution in [0.15, 0.2) is 42.6 Å². The van der Waals surface area contributed by atoms with Crippen molar-refractivity contribution in [1.29, 1.82) is 0 Å². The summed E-state index contributed by atoms with van der Waals surface area (Å²) in [6.07, 6.45) is 5.40. The molecule has 0 spiro atoms. The number of anilines is 3. The lowest BCUT2D eigenvalue weighted by Gasteiger charge is -2.35. The van der Waals surface area contributed by atoms with Crippen LogP contribution in [0.1, 0.15) is 74.1 Å². The third-order valence-electron chi connectivity index (χ3n) is 7.84. The molecule has 2 saturated carbocycles. The van der Waals surface area contributed by atoms with Crippen LogP contribution in [0, 0.1) is 0 Å². The van der Waals surface area contributed by atoms with Gasteiger partial charge in [-0.3, -0.25) is 9.89 Å². The SMILES string of the molecule is CN(c1nccc(Nc2cc(C3CCCC3)[nH]n2)n1)C1CCC(NC(=O)Cc2cccc(C(F)(F)F)c2)CC1. The van der Waals surface area contributed by atoms with Crippen LogP contribution >= 0.6 is 0 Å². The summed E-state index contributed by atoms with van der Waals surface area (Å²) in [4.78, 5) is 23.7. The minimum Gasteiger partial charge on any atom is -0.353 e. The van der Waals surface area contributed by atoms with Crippen LogP contribution in [-0.2, 0) is 17.4 Å². The van der Waals surface area contributed by atoms with E-state index in [1.807, 2.05) is 13.1 Å². The van der Waals surface area contributed by atoms with E-state index in [4.69, 9.17) is 0 Å². The first kappa shape index (κ1) is 27.0. The van der Waals surface area contributed by atoms with Crippen LogP contribution in [0.5, 0.6) is 0 Å². The summed E-state index contributed by atoms with van der Waals surface area (Å²) in [5.41, 5.74) is 0.780. The zero-order chi connectivity index (χ0) is 27.4. The van der Waals surface area contributed by atoms with Crippen molar-refractivity contribution >= 4 is 23.5 Å². The van der Waals surface area contributed by atoms with Crippen LogP contribution in [-0.4, -0.2) is 45.2 Å². The van der Waals surface area contributed by atoms with E-state index < -0.39 is 11.7 Å². The summed E-state index contributed by atoms with van der Waals surface area (Å²) < 4.78 is 38.9. The molecule has 2 aliphatic rings. The number of carbonyl (C=O) groups is 1. The number of alkyl halides is 3. The maximum Gasteiger partial charge on any atom is 0.416 e. The lowest BCUT2D eigenvalue weighted by Crippen LogP contribution is -2.43. The Kier molecular flexibility index (Phi) is 8.04. The lowest BCUT2D eigenvalue weighted by atomic mass is 9.90. The van der Waals surface area contributed by atoms with Crippen molar-refractivity contribution in [1.82, 2.24) is 25.5 Å². The van der Waals surface area contributed by atoms with E-state index in [1.165, 1.54) is 37.4 Å². The third kappa shape index (κ3) is 6.88. The largest absolute Gasteiger partial charge is 0.416 e. The van der Waals surface area contributed by atoms with Crippen LogP contribution in [0.3, 0.4) is 0 Å². The summed E-state index contributed by atoms with van der Waals surface area (Å²) >= 11 is 0. The Morgan fingerprint density at radius 2 is 1.82 bits per heavy atom. The number of hydrogen-bond acceptors (Lipinski definition) is 6. The van der Waals surface area contributed by atoms with Gasteiger partial charge in [0.15, 0.2) is 5.82 Å². The number of halogens is 3. The molecule has 0 radical (unpaired) electrons. The van der Waals surface area contributed by atoms with Crippen molar-refractivity contribution in [3.05, 3.63) is 59.4 Å². The quantitative estimate of drug-likeness (QED) is 0.337. The van der Waals surface area contributed by atoms with Gasteiger partial charge in [-0.2, -0.15) is 23.3 Å². The number of nitrogens with one attached hydrogen (secondary N) is 3. The highest BCUT2D eigenvalue weighted by molar-refractivity contribution is 5.79. The topological polar surface area (TPSA) is 98.8 Å². The van der Waals surface area contributed by atoms with Crippen molar-refractivity contribution in [2.45, 2.75) is 82.0 Å². The summed E-state index contributed by atoms with van der Waals surface area (Å²) in [6.45, 7) is 0. The molecule has 0 atom stereocenters. The van der Waals surface area contributed by atoms with Gasteiger partial charge in [0.25, 0.3) is 0 Å². The molecule has 39 heavy (non-hydrogen) atoms. The van der Waals surface area contributed by atoms with Crippen molar-refractivity contribution in [3.8, 4) is 0 Å². The first-order valence-corrected chi connectivity index (χ1v) is 13.6. The molecule has 8 nitrogen and oxygen atoms in total. The zero-order valence-corrected chi connectivity index (χ0v) is 22.0. The molecule has 0 saturated heterocycles. The second kappa shape index (κ2) is 11.6. The number of aromatic nitrogens is 4. The highest BCUT2D eigenvalue weighted by Crippen LogP contribution is 2.34. The van der Waals surface area contributed by atoms with Gasteiger partial charge in [-0.15, -0.1) is 0 Å². The second-order valence-corrected chi connectivity index (χ2v) is 10.6. The Morgan fingerprint density at radius 3 is 2.56 bits per heavy atom. The number of hydrogen-bond donors (Lipinski definition) is 3. The van der Waals surface area contributed by atoms with Gasteiger partial charge in [-0.05, 0) is 56.2 Å². The summed E-state index contributed by atoms with van der Waals surface area (Å²) in [6, 6.07) is 9.02. The summed E-state index contributed by atoms with van der Waals surface area (Å²) in [5.74, 6) is 2.32. The van der Waals surface area contributed by atoms with Crippen LogP contribution in [0.2, 0.25) is 0 Å². The number of H-pyrrole nitrogens is 1. The molecule has 11 heteroatoms. The van der Waals surface area contributed by atoms with E-state index in [-0.39, 0.29) is 24.4 Å². The van der Waals surface area contributed by atoms with E-state index in [0.717, 1.165) is 43.6 Å². The van der Waals surface area contributed by atoms with Crippen LogP contribution in [0.25, 0.3) is 0 Å². The Bertz CT molecular complexity index is 1260. The Morgan fingerprint density at radius 1 is 1.05 bits per heavy atom. The van der Waals surface area contributed by atoms with Gasteiger partial charge in [0.05, 0.1) is 12.0 Å². The standard InChI is InChI=1S/C28H34F3N7O/c1-38(27-32-14-13-24(35-27)34-25-17-23(36-37-25)19-6-2-3-7-19)22-11-9-21(10-12-22)33-26(39)16-18-5-4-8-20(15-18)28(29,30)31/h4-5,8,13-15,17,19,21-22H,2-3,6-7,9-12,16H2,1H3,(H,33,39)(H2,32,34,35,36,37). The van der Waals surface area contributed by atoms with Crippen molar-refractivity contribution in [2.24, 2.45) is 0 Å². The third-order valence-corrected chi connectivity index (χ3v) is 7.84. The molecule has 1 aromatic carbocycles. The molecule has 3 N–H and O–H groups in total.